The number of nitrogens with zero attached hydrogens (tertiary/aromatic N) is 1. The molecule has 2 heterocycles. The topological polar surface area (TPSA) is 28.4 Å². The van der Waals surface area contributed by atoms with E-state index < -0.39 is 0 Å². The Kier molecular flexibility index (Phi) is 5.88. The van der Waals surface area contributed by atoms with E-state index in [1.54, 1.807) is 0 Å². The van der Waals surface area contributed by atoms with Crippen molar-refractivity contribution in [3.63, 3.8) is 0 Å². The molecule has 0 atom stereocenters. The zero-order valence-electron chi connectivity index (χ0n) is 14.2. The third-order valence-corrected chi connectivity index (χ3v) is 4.76. The van der Waals surface area contributed by atoms with Crippen LogP contribution in [0.5, 0.6) is 0 Å². The predicted molar refractivity (Wildman–Crippen MR) is 88.2 cm³/mol. The first-order valence-corrected chi connectivity index (χ1v) is 8.49. The number of hydrogen-bond donors (Lipinski definition) is 1. The smallest absolute Gasteiger partial charge is 0.122 e. The Morgan fingerprint density at radius 1 is 1.29 bits per heavy atom. The van der Waals surface area contributed by atoms with Crippen molar-refractivity contribution in [1.82, 2.24) is 10.2 Å². The van der Waals surface area contributed by atoms with Gasteiger partial charge in [-0.2, -0.15) is 0 Å². The highest BCUT2D eigenvalue weighted by Crippen LogP contribution is 2.34. The highest BCUT2D eigenvalue weighted by molar-refractivity contribution is 5.17. The van der Waals surface area contributed by atoms with Crippen LogP contribution in [0.4, 0.5) is 0 Å². The summed E-state index contributed by atoms with van der Waals surface area (Å²) < 4.78 is 5.64. The van der Waals surface area contributed by atoms with E-state index in [4.69, 9.17) is 4.42 Å². The second-order valence-corrected chi connectivity index (χ2v) is 7.46. The summed E-state index contributed by atoms with van der Waals surface area (Å²) in [6.07, 6.45) is 5.64. The molecule has 1 aliphatic rings. The lowest BCUT2D eigenvalue weighted by molar-refractivity contribution is 0.107. The molecule has 0 saturated carbocycles. The summed E-state index contributed by atoms with van der Waals surface area (Å²) in [6, 6.07) is 2.14. The maximum absolute atomic E-state index is 5.64. The molecule has 0 radical (unpaired) electrons. The van der Waals surface area contributed by atoms with Gasteiger partial charge in [0.25, 0.3) is 0 Å². The van der Waals surface area contributed by atoms with Gasteiger partial charge in [-0.15, -0.1) is 0 Å². The van der Waals surface area contributed by atoms with E-state index in [1.807, 2.05) is 6.26 Å². The summed E-state index contributed by atoms with van der Waals surface area (Å²) in [4.78, 5) is 2.58. The zero-order chi connectivity index (χ0) is 15.3. The molecule has 21 heavy (non-hydrogen) atoms. The Morgan fingerprint density at radius 2 is 2.00 bits per heavy atom. The van der Waals surface area contributed by atoms with Crippen molar-refractivity contribution < 1.29 is 4.42 Å². The van der Waals surface area contributed by atoms with E-state index in [-0.39, 0.29) is 0 Å². The molecule has 1 aromatic heterocycles. The van der Waals surface area contributed by atoms with Crippen LogP contribution in [0.15, 0.2) is 16.7 Å². The fourth-order valence-electron chi connectivity index (χ4n) is 3.24. The minimum atomic E-state index is 0.455. The summed E-state index contributed by atoms with van der Waals surface area (Å²) >= 11 is 0. The molecule has 120 valence electrons. The Hall–Kier alpha value is -0.800. The van der Waals surface area contributed by atoms with Crippen LogP contribution < -0.4 is 5.32 Å². The summed E-state index contributed by atoms with van der Waals surface area (Å²) in [6.45, 7) is 14.7. The third kappa shape index (κ3) is 4.86. The van der Waals surface area contributed by atoms with Gasteiger partial charge in [-0.1, -0.05) is 27.7 Å². The predicted octanol–water partition coefficient (Wildman–Crippen LogP) is 4.04. The molecule has 2 rings (SSSR count). The molecule has 0 bridgehead atoms. The summed E-state index contributed by atoms with van der Waals surface area (Å²) in [5.41, 5.74) is 1.81. The molecule has 0 amide bonds. The maximum Gasteiger partial charge on any atom is 0.122 e. The minimum Gasteiger partial charge on any atom is -0.468 e. The van der Waals surface area contributed by atoms with Crippen molar-refractivity contribution in [1.29, 1.82) is 0 Å². The van der Waals surface area contributed by atoms with E-state index in [9.17, 15) is 0 Å². The third-order valence-electron chi connectivity index (χ3n) is 4.76. The normalized spacial score (nSPS) is 18.3. The number of rotatable bonds is 6. The number of likely N-dealkylation sites (tertiary alicyclic amines) is 1. The van der Waals surface area contributed by atoms with Crippen molar-refractivity contribution in [2.45, 2.75) is 60.0 Å². The van der Waals surface area contributed by atoms with Crippen LogP contribution in [0.3, 0.4) is 0 Å². The van der Waals surface area contributed by atoms with Crippen LogP contribution in [-0.2, 0) is 13.1 Å². The second kappa shape index (κ2) is 7.46. The molecule has 0 unspecified atom stereocenters. The molecule has 3 heteroatoms. The monoisotopic (exact) mass is 292 g/mol. The fourth-order valence-corrected chi connectivity index (χ4v) is 3.24. The van der Waals surface area contributed by atoms with Gasteiger partial charge < -0.3 is 9.73 Å². The van der Waals surface area contributed by atoms with Gasteiger partial charge in [-0.25, -0.2) is 0 Å². The number of piperidine rings is 1. The quantitative estimate of drug-likeness (QED) is 0.802. The molecule has 1 fully saturated rings. The van der Waals surface area contributed by atoms with Gasteiger partial charge in [0.15, 0.2) is 0 Å². The largest absolute Gasteiger partial charge is 0.468 e. The molecule has 3 nitrogen and oxygen atoms in total. The number of furan rings is 1. The van der Waals surface area contributed by atoms with Crippen molar-refractivity contribution in [3.05, 3.63) is 23.7 Å². The lowest BCUT2D eigenvalue weighted by Gasteiger charge is -2.38. The molecule has 1 saturated heterocycles. The van der Waals surface area contributed by atoms with Gasteiger partial charge in [0, 0.05) is 12.1 Å². The summed E-state index contributed by atoms with van der Waals surface area (Å²) in [5, 5.41) is 3.43. The van der Waals surface area contributed by atoms with Crippen LogP contribution >= 0.6 is 0 Å². The Bertz CT molecular complexity index is 411. The van der Waals surface area contributed by atoms with Crippen molar-refractivity contribution in [2.24, 2.45) is 11.3 Å². The zero-order valence-corrected chi connectivity index (χ0v) is 14.2. The average molecular weight is 292 g/mol. The Labute approximate surface area is 130 Å². The van der Waals surface area contributed by atoms with Crippen LogP contribution in [0.25, 0.3) is 0 Å². The number of nitrogens with one attached hydrogen (secondary N) is 1. The van der Waals surface area contributed by atoms with Crippen LogP contribution in [0.2, 0.25) is 0 Å². The molecular formula is C18H32N2O. The van der Waals surface area contributed by atoms with Crippen LogP contribution in [0, 0.1) is 11.3 Å². The van der Waals surface area contributed by atoms with Gasteiger partial charge in [-0.3, -0.25) is 4.90 Å². The lowest BCUT2D eigenvalue weighted by atomic mass is 9.75. The molecule has 1 N–H and O–H groups in total. The first kappa shape index (κ1) is 16.6. The maximum atomic E-state index is 5.64. The highest BCUT2D eigenvalue weighted by atomic mass is 16.3. The molecule has 1 aliphatic heterocycles. The van der Waals surface area contributed by atoms with E-state index >= 15 is 0 Å². The molecule has 0 spiro atoms. The van der Waals surface area contributed by atoms with Crippen LogP contribution in [0.1, 0.15) is 58.3 Å². The summed E-state index contributed by atoms with van der Waals surface area (Å²) in [7, 11) is 0. The van der Waals surface area contributed by atoms with Crippen molar-refractivity contribution in [3.8, 4) is 0 Å². The van der Waals surface area contributed by atoms with Gasteiger partial charge >= 0.3 is 0 Å². The van der Waals surface area contributed by atoms with Gasteiger partial charge in [0.2, 0.25) is 0 Å². The molecule has 0 aliphatic carbocycles. The Morgan fingerprint density at radius 3 is 2.62 bits per heavy atom. The molecule has 0 aromatic carbocycles. The average Bonchev–Trinajstić information content (AvgIpc) is 2.86. The van der Waals surface area contributed by atoms with Crippen LogP contribution in [-0.4, -0.2) is 24.5 Å². The minimum absolute atomic E-state index is 0.455. The van der Waals surface area contributed by atoms with E-state index in [1.165, 1.54) is 31.5 Å². The van der Waals surface area contributed by atoms with Gasteiger partial charge in [0.1, 0.15) is 5.76 Å². The van der Waals surface area contributed by atoms with Gasteiger partial charge in [-0.05, 0) is 56.3 Å². The number of hydrogen-bond acceptors (Lipinski definition) is 3. The fraction of sp³-hybridized carbons (Fsp3) is 0.778. The van der Waals surface area contributed by atoms with Crippen molar-refractivity contribution >= 4 is 0 Å². The Balaban J connectivity index is 1.82. The molecule has 1 aromatic rings. The first-order chi connectivity index (χ1) is 10.0. The van der Waals surface area contributed by atoms with E-state index in [0.717, 1.165) is 37.7 Å². The van der Waals surface area contributed by atoms with Crippen molar-refractivity contribution in [2.75, 3.05) is 19.6 Å². The molecular weight excluding hydrogens is 260 g/mol. The lowest BCUT2D eigenvalue weighted by Crippen LogP contribution is -2.37. The first-order valence-electron chi connectivity index (χ1n) is 8.49. The second-order valence-electron chi connectivity index (χ2n) is 7.46. The SMILES string of the molecule is CCCNCc1occc1CN1CCC(C(C)(C)C)CC1. The standard InChI is InChI=1S/C18H32N2O/c1-5-9-19-13-17-15(8-12-21-17)14-20-10-6-16(7-11-20)18(2,3)4/h8,12,16,19H,5-7,9-11,13-14H2,1-4H3. The summed E-state index contributed by atoms with van der Waals surface area (Å²) in [5.74, 6) is 1.98. The van der Waals surface area contributed by atoms with Gasteiger partial charge in [0.05, 0.1) is 12.8 Å². The highest BCUT2D eigenvalue weighted by Gasteiger charge is 2.28. The van der Waals surface area contributed by atoms with E-state index in [2.05, 4.69) is 44.0 Å². The van der Waals surface area contributed by atoms with E-state index in [0.29, 0.717) is 5.41 Å².